The topological polar surface area (TPSA) is 87.3 Å². The minimum absolute atomic E-state index is 0.0453. The Balaban J connectivity index is 1.89. The van der Waals surface area contributed by atoms with E-state index >= 15 is 0 Å². The van der Waals surface area contributed by atoms with Crippen molar-refractivity contribution in [3.05, 3.63) is 48.5 Å². The van der Waals surface area contributed by atoms with E-state index in [4.69, 9.17) is 11.6 Å². The van der Waals surface area contributed by atoms with Crippen molar-refractivity contribution in [3.63, 3.8) is 0 Å². The summed E-state index contributed by atoms with van der Waals surface area (Å²) in [6.07, 6.45) is 3.35. The fourth-order valence-electron chi connectivity index (χ4n) is 4.01. The number of fused-ring (bicyclic) bond motifs is 2. The number of amides is 1. The third-order valence-electron chi connectivity index (χ3n) is 5.16. The maximum absolute atomic E-state index is 14.6. The number of anilines is 3. The number of nitrogens with one attached hydrogen (secondary N) is 3. The van der Waals surface area contributed by atoms with Crippen molar-refractivity contribution in [2.75, 3.05) is 17.7 Å². The number of carbonyl (C=O) groups is 1. The zero-order valence-corrected chi connectivity index (χ0v) is 14.1. The molecule has 3 N–H and O–H groups in total. The van der Waals surface area contributed by atoms with Gasteiger partial charge in [0, 0.05) is 17.6 Å². The van der Waals surface area contributed by atoms with Crippen molar-refractivity contribution in [1.82, 2.24) is 5.32 Å². The van der Waals surface area contributed by atoms with Crippen LogP contribution in [0.5, 0.6) is 0 Å². The summed E-state index contributed by atoms with van der Waals surface area (Å²) in [5, 5.41) is 8.39. The minimum atomic E-state index is -0.749. The second kappa shape index (κ2) is 5.29. The molecule has 4 rings (SSSR count). The van der Waals surface area contributed by atoms with E-state index in [1.54, 1.807) is 0 Å². The predicted molar refractivity (Wildman–Crippen MR) is 93.2 cm³/mol. The Bertz CT molecular complexity index is 988. The molecule has 0 radical (unpaired) electrons. The Morgan fingerprint density at radius 2 is 1.76 bits per heavy atom. The lowest BCUT2D eigenvalue weighted by Crippen LogP contribution is -2.36. The molecule has 0 atom stereocenters. The van der Waals surface area contributed by atoms with Crippen LogP contribution < -0.4 is 26.8 Å². The maximum Gasteiger partial charge on any atom is 0.254 e. The molecule has 0 saturated heterocycles. The molecule has 2 aromatic carbocycles. The molecule has 1 aliphatic carbocycles. The minimum Gasteiger partial charge on any atom is -0.383 e. The number of hydrogen-bond acceptors (Lipinski definition) is 5. The summed E-state index contributed by atoms with van der Waals surface area (Å²) in [6, 6.07) is 1.15. The standard InChI is InChI=1S/C17H15ClFN3O3/c1-20-12-13(15(24)14(12)23)21-11-8(19)6-7(18)10-9(11)16(25)22-17(10)4-2-3-5-17/h6,20-21H,2-5H2,1H3,(H,22,25). The van der Waals surface area contributed by atoms with E-state index in [2.05, 4.69) is 16.0 Å². The lowest BCUT2D eigenvalue weighted by atomic mass is 9.88. The van der Waals surface area contributed by atoms with E-state index in [1.807, 2.05) is 0 Å². The first-order valence-corrected chi connectivity index (χ1v) is 8.40. The van der Waals surface area contributed by atoms with Crippen LogP contribution in [0.15, 0.2) is 15.7 Å². The Hall–Kier alpha value is -2.41. The van der Waals surface area contributed by atoms with Crippen molar-refractivity contribution >= 4 is 34.6 Å². The van der Waals surface area contributed by atoms with Gasteiger partial charge in [-0.05, 0) is 18.9 Å². The zero-order chi connectivity index (χ0) is 17.9. The number of halogens is 2. The number of hydrogen-bond donors (Lipinski definition) is 3. The normalized spacial score (nSPS) is 17.8. The molecule has 1 spiro atoms. The quantitative estimate of drug-likeness (QED) is 0.729. The molecule has 1 heterocycles. The largest absolute Gasteiger partial charge is 0.383 e. The molecule has 0 aromatic heterocycles. The highest BCUT2D eigenvalue weighted by atomic mass is 35.5. The summed E-state index contributed by atoms with van der Waals surface area (Å²) in [4.78, 5) is 35.9. The molecule has 0 bridgehead atoms. The molecule has 8 heteroatoms. The van der Waals surface area contributed by atoms with E-state index in [9.17, 15) is 18.8 Å². The Morgan fingerprint density at radius 1 is 1.12 bits per heavy atom. The Labute approximate surface area is 147 Å². The molecule has 0 unspecified atom stereocenters. The van der Waals surface area contributed by atoms with Gasteiger partial charge in [0.1, 0.15) is 17.2 Å². The van der Waals surface area contributed by atoms with Gasteiger partial charge in [-0.1, -0.05) is 24.4 Å². The van der Waals surface area contributed by atoms with Gasteiger partial charge in [0.25, 0.3) is 16.8 Å². The van der Waals surface area contributed by atoms with E-state index in [1.165, 1.54) is 7.05 Å². The van der Waals surface area contributed by atoms with Crippen LogP contribution in [0.25, 0.3) is 0 Å². The zero-order valence-electron chi connectivity index (χ0n) is 13.4. The molecule has 6 nitrogen and oxygen atoms in total. The molecule has 1 fully saturated rings. The van der Waals surface area contributed by atoms with Gasteiger partial charge in [0.15, 0.2) is 0 Å². The Morgan fingerprint density at radius 3 is 2.40 bits per heavy atom. The molecule has 1 saturated carbocycles. The first kappa shape index (κ1) is 16.1. The lowest BCUT2D eigenvalue weighted by Gasteiger charge is -2.25. The summed E-state index contributed by atoms with van der Waals surface area (Å²) in [5.41, 5.74) is -1.41. The van der Waals surface area contributed by atoms with Crippen LogP contribution in [0.2, 0.25) is 5.02 Å². The Kier molecular flexibility index (Phi) is 3.40. The fraction of sp³-hybridized carbons (Fsp3) is 0.353. The van der Waals surface area contributed by atoms with Crippen LogP contribution in [0, 0.1) is 5.82 Å². The van der Waals surface area contributed by atoms with Crippen molar-refractivity contribution in [2.45, 2.75) is 31.2 Å². The second-order valence-electron chi connectivity index (χ2n) is 6.49. The van der Waals surface area contributed by atoms with E-state index in [0.717, 1.165) is 31.7 Å². The molecule has 130 valence electrons. The SMILES string of the molecule is CNc1c(Nc2c(F)cc(Cl)c3c2C(=O)NC32CCCC2)c(=O)c1=O. The van der Waals surface area contributed by atoms with Crippen LogP contribution >= 0.6 is 11.6 Å². The van der Waals surface area contributed by atoms with Gasteiger partial charge in [0.05, 0.1) is 16.8 Å². The van der Waals surface area contributed by atoms with Gasteiger partial charge in [-0.2, -0.15) is 0 Å². The molecule has 25 heavy (non-hydrogen) atoms. The van der Waals surface area contributed by atoms with Crippen LogP contribution in [0.1, 0.15) is 41.6 Å². The van der Waals surface area contributed by atoms with Gasteiger partial charge in [-0.25, -0.2) is 4.39 Å². The molecule has 2 aromatic rings. The number of rotatable bonds is 3. The summed E-state index contributed by atoms with van der Waals surface area (Å²) in [7, 11) is 1.49. The maximum atomic E-state index is 14.6. The molecular formula is C17H15ClFN3O3. The lowest BCUT2D eigenvalue weighted by molar-refractivity contribution is 0.0931. The average Bonchev–Trinajstić information content (AvgIpc) is 3.15. The summed E-state index contributed by atoms with van der Waals surface area (Å²) in [5.74, 6) is -1.17. The third-order valence-corrected chi connectivity index (χ3v) is 5.46. The van der Waals surface area contributed by atoms with Gasteiger partial charge in [-0.3, -0.25) is 14.4 Å². The first-order chi connectivity index (χ1) is 11.9. The number of carbonyl (C=O) groups excluding carboxylic acids is 1. The monoisotopic (exact) mass is 363 g/mol. The van der Waals surface area contributed by atoms with Crippen molar-refractivity contribution in [3.8, 4) is 0 Å². The van der Waals surface area contributed by atoms with E-state index in [-0.39, 0.29) is 27.6 Å². The summed E-state index contributed by atoms with van der Waals surface area (Å²) < 4.78 is 14.6. The highest BCUT2D eigenvalue weighted by Crippen LogP contribution is 2.49. The summed E-state index contributed by atoms with van der Waals surface area (Å²) >= 11 is 6.27. The summed E-state index contributed by atoms with van der Waals surface area (Å²) in [6.45, 7) is 0. The van der Waals surface area contributed by atoms with Crippen molar-refractivity contribution in [2.24, 2.45) is 0 Å². The smallest absolute Gasteiger partial charge is 0.254 e. The van der Waals surface area contributed by atoms with Crippen molar-refractivity contribution in [1.29, 1.82) is 0 Å². The molecule has 1 amide bonds. The van der Waals surface area contributed by atoms with Gasteiger partial charge >= 0.3 is 0 Å². The van der Waals surface area contributed by atoms with E-state index in [0.29, 0.717) is 5.56 Å². The third kappa shape index (κ3) is 2.05. The first-order valence-electron chi connectivity index (χ1n) is 8.02. The fourth-order valence-corrected chi connectivity index (χ4v) is 4.38. The number of benzene rings is 1. The molecular weight excluding hydrogens is 349 g/mol. The van der Waals surface area contributed by atoms with E-state index < -0.39 is 28.1 Å². The predicted octanol–water partition coefficient (Wildman–Crippen LogP) is 2.37. The van der Waals surface area contributed by atoms with Gasteiger partial charge < -0.3 is 16.0 Å². The van der Waals surface area contributed by atoms with Crippen LogP contribution in [0.3, 0.4) is 0 Å². The highest BCUT2D eigenvalue weighted by molar-refractivity contribution is 6.32. The molecule has 1 aliphatic heterocycles. The van der Waals surface area contributed by atoms with Crippen LogP contribution in [-0.4, -0.2) is 13.0 Å². The average molecular weight is 364 g/mol. The second-order valence-corrected chi connectivity index (χ2v) is 6.90. The van der Waals surface area contributed by atoms with Crippen LogP contribution in [-0.2, 0) is 5.54 Å². The molecule has 2 aliphatic rings. The van der Waals surface area contributed by atoms with Gasteiger partial charge in [0.2, 0.25) is 0 Å². The van der Waals surface area contributed by atoms with Crippen LogP contribution in [0.4, 0.5) is 21.5 Å². The van der Waals surface area contributed by atoms with Gasteiger partial charge in [-0.15, -0.1) is 0 Å². The highest BCUT2D eigenvalue weighted by Gasteiger charge is 2.48. The van der Waals surface area contributed by atoms with Crippen molar-refractivity contribution < 1.29 is 9.18 Å².